The number of nitrogens with zero attached hydrogens (tertiary/aromatic N) is 1. The van der Waals surface area contributed by atoms with Gasteiger partial charge in [0.15, 0.2) is 0 Å². The molecule has 0 spiro atoms. The van der Waals surface area contributed by atoms with E-state index < -0.39 is 11.8 Å². The van der Waals surface area contributed by atoms with Crippen LogP contribution in [0.25, 0.3) is 0 Å². The van der Waals surface area contributed by atoms with Crippen LogP contribution in [0.15, 0.2) is 47.6 Å². The number of nitrogens with one attached hydrogen (secondary N) is 2. The highest BCUT2D eigenvalue weighted by molar-refractivity contribution is 6.35. The zero-order valence-electron chi connectivity index (χ0n) is 17.4. The number of hydrazone groups is 1. The van der Waals surface area contributed by atoms with E-state index in [1.807, 2.05) is 32.0 Å². The zero-order valence-corrected chi connectivity index (χ0v) is 18.9. The molecule has 0 saturated carbocycles. The Hall–Kier alpha value is -2.61. The first-order valence-electron chi connectivity index (χ1n) is 9.75. The van der Waals surface area contributed by atoms with Gasteiger partial charge in [-0.1, -0.05) is 41.4 Å². The smallest absolute Gasteiger partial charge is 0.329 e. The normalized spacial score (nSPS) is 11.0. The van der Waals surface area contributed by atoms with Gasteiger partial charge in [0.05, 0.1) is 17.3 Å². The molecule has 166 valence electrons. The van der Waals surface area contributed by atoms with Crippen LogP contribution in [0.4, 0.5) is 0 Å². The molecular formula is C22H25Cl2N3O4. The Balaban J connectivity index is 1.78. The van der Waals surface area contributed by atoms with Crippen molar-refractivity contribution >= 4 is 41.2 Å². The fourth-order valence-corrected chi connectivity index (χ4v) is 2.81. The third-order valence-corrected chi connectivity index (χ3v) is 4.60. The summed E-state index contributed by atoms with van der Waals surface area (Å²) in [6.45, 7) is 4.99. The summed E-state index contributed by atoms with van der Waals surface area (Å²) in [5.41, 5.74) is 3.65. The Labute approximate surface area is 191 Å². The van der Waals surface area contributed by atoms with Crippen LogP contribution in [0, 0.1) is 0 Å². The van der Waals surface area contributed by atoms with Crippen LogP contribution in [0.3, 0.4) is 0 Å². The molecule has 31 heavy (non-hydrogen) atoms. The monoisotopic (exact) mass is 465 g/mol. The molecule has 7 nitrogen and oxygen atoms in total. The maximum atomic E-state index is 11.7. The molecule has 2 N–H and O–H groups in total. The Morgan fingerprint density at radius 3 is 2.58 bits per heavy atom. The fourth-order valence-electron chi connectivity index (χ4n) is 2.38. The summed E-state index contributed by atoms with van der Waals surface area (Å²) in [6, 6.07) is 12.4. The van der Waals surface area contributed by atoms with Crippen molar-refractivity contribution in [2.45, 2.75) is 33.0 Å². The van der Waals surface area contributed by atoms with E-state index in [1.165, 1.54) is 6.21 Å². The number of ether oxygens (including phenoxy) is 2. The minimum atomic E-state index is -0.855. The molecule has 0 aliphatic rings. The first-order valence-corrected chi connectivity index (χ1v) is 10.5. The molecule has 9 heteroatoms. The highest BCUT2D eigenvalue weighted by Gasteiger charge is 2.11. The summed E-state index contributed by atoms with van der Waals surface area (Å²) in [5.74, 6) is -1.13. The van der Waals surface area contributed by atoms with Crippen LogP contribution < -0.4 is 15.5 Å². The van der Waals surface area contributed by atoms with Crippen LogP contribution in [0.2, 0.25) is 10.0 Å². The van der Waals surface area contributed by atoms with Crippen LogP contribution >= 0.6 is 23.2 Å². The quantitative estimate of drug-likeness (QED) is 0.240. The second-order valence-corrected chi connectivity index (χ2v) is 7.61. The van der Waals surface area contributed by atoms with Gasteiger partial charge in [0.2, 0.25) is 0 Å². The minimum Gasteiger partial charge on any atom is -0.487 e. The van der Waals surface area contributed by atoms with Gasteiger partial charge < -0.3 is 14.8 Å². The summed E-state index contributed by atoms with van der Waals surface area (Å²) in [7, 11) is 0. The number of hydrogen-bond acceptors (Lipinski definition) is 5. The molecule has 0 atom stereocenters. The second kappa shape index (κ2) is 12.9. The largest absolute Gasteiger partial charge is 0.487 e. The molecule has 0 radical (unpaired) electrons. The third kappa shape index (κ3) is 8.96. The summed E-state index contributed by atoms with van der Waals surface area (Å²) in [6.07, 6.45) is 2.12. The van der Waals surface area contributed by atoms with Crippen LogP contribution in [0.1, 0.15) is 31.4 Å². The Morgan fingerprint density at radius 2 is 1.87 bits per heavy atom. The van der Waals surface area contributed by atoms with Crippen molar-refractivity contribution in [1.29, 1.82) is 0 Å². The minimum absolute atomic E-state index is 0.129. The van der Waals surface area contributed by atoms with Gasteiger partial charge in [-0.15, -0.1) is 0 Å². The standard InChI is InChI=1S/C22H25Cl2N3O4/c1-15(2)30-11-5-10-25-21(28)22(29)27-26-13-16-8-9-20(19(24)12-16)31-14-17-6-3-4-7-18(17)23/h3-4,6-9,12-13,15H,5,10-11,14H2,1-2H3,(H,25,28)(H,27,29)/b26-13-. The SMILES string of the molecule is CC(C)OCCCNC(=O)C(=O)N/N=C\c1ccc(OCc2ccccc2Cl)c(Cl)c1. The molecule has 0 saturated heterocycles. The molecule has 2 amide bonds. The van der Waals surface area contributed by atoms with Crippen LogP contribution in [0.5, 0.6) is 5.75 Å². The summed E-state index contributed by atoms with van der Waals surface area (Å²) in [5, 5.41) is 7.28. The molecule has 0 aliphatic heterocycles. The van der Waals surface area contributed by atoms with E-state index in [0.29, 0.717) is 40.9 Å². The highest BCUT2D eigenvalue weighted by Crippen LogP contribution is 2.26. The van der Waals surface area contributed by atoms with Crippen molar-refractivity contribution in [3.8, 4) is 5.75 Å². The fraction of sp³-hybridized carbons (Fsp3) is 0.318. The van der Waals surface area contributed by atoms with Gasteiger partial charge >= 0.3 is 11.8 Å². The molecule has 0 unspecified atom stereocenters. The number of hydrogen-bond donors (Lipinski definition) is 2. The lowest BCUT2D eigenvalue weighted by atomic mass is 10.2. The van der Waals surface area contributed by atoms with Gasteiger partial charge in [0.25, 0.3) is 0 Å². The van der Waals surface area contributed by atoms with Crippen molar-refractivity contribution in [3.63, 3.8) is 0 Å². The van der Waals surface area contributed by atoms with Gasteiger partial charge in [-0.3, -0.25) is 9.59 Å². The maximum Gasteiger partial charge on any atom is 0.329 e. The average Bonchev–Trinajstić information content (AvgIpc) is 2.73. The van der Waals surface area contributed by atoms with E-state index in [1.54, 1.807) is 24.3 Å². The molecule has 0 fully saturated rings. The zero-order chi connectivity index (χ0) is 22.6. The van der Waals surface area contributed by atoms with E-state index in [0.717, 1.165) is 5.56 Å². The first-order chi connectivity index (χ1) is 14.9. The number of amides is 2. The number of benzene rings is 2. The number of halogens is 2. The predicted molar refractivity (Wildman–Crippen MR) is 122 cm³/mol. The van der Waals surface area contributed by atoms with Crippen molar-refractivity contribution < 1.29 is 19.1 Å². The van der Waals surface area contributed by atoms with Crippen molar-refractivity contribution in [3.05, 3.63) is 63.6 Å². The van der Waals surface area contributed by atoms with Crippen LogP contribution in [-0.4, -0.2) is 37.3 Å². The van der Waals surface area contributed by atoms with Crippen molar-refractivity contribution in [1.82, 2.24) is 10.7 Å². The van der Waals surface area contributed by atoms with Crippen molar-refractivity contribution in [2.24, 2.45) is 5.10 Å². The van der Waals surface area contributed by atoms with E-state index >= 15 is 0 Å². The molecule has 2 aromatic rings. The van der Waals surface area contributed by atoms with Gasteiger partial charge in [-0.05, 0) is 50.1 Å². The third-order valence-electron chi connectivity index (χ3n) is 3.94. The number of rotatable bonds is 10. The average molecular weight is 466 g/mol. The molecule has 0 heterocycles. The molecular weight excluding hydrogens is 441 g/mol. The van der Waals surface area contributed by atoms with E-state index in [4.69, 9.17) is 32.7 Å². The molecule has 0 aromatic heterocycles. The topological polar surface area (TPSA) is 89.0 Å². The molecule has 0 aliphatic carbocycles. The van der Waals surface area contributed by atoms with Gasteiger partial charge in [0, 0.05) is 23.7 Å². The van der Waals surface area contributed by atoms with Gasteiger partial charge in [-0.25, -0.2) is 5.43 Å². The number of carbonyl (C=O) groups excluding carboxylic acids is 2. The lowest BCUT2D eigenvalue weighted by Crippen LogP contribution is -2.38. The summed E-state index contributed by atoms with van der Waals surface area (Å²) < 4.78 is 11.1. The highest BCUT2D eigenvalue weighted by atomic mass is 35.5. The van der Waals surface area contributed by atoms with Crippen LogP contribution in [-0.2, 0) is 20.9 Å². The Kier molecular flexibility index (Phi) is 10.3. The first kappa shape index (κ1) is 24.7. The van der Waals surface area contributed by atoms with E-state index in [2.05, 4.69) is 15.8 Å². The predicted octanol–water partition coefficient (Wildman–Crippen LogP) is 3.95. The molecule has 0 bridgehead atoms. The lowest BCUT2D eigenvalue weighted by Gasteiger charge is -2.09. The lowest BCUT2D eigenvalue weighted by molar-refractivity contribution is -0.139. The van der Waals surface area contributed by atoms with Crippen molar-refractivity contribution in [2.75, 3.05) is 13.2 Å². The Bertz CT molecular complexity index is 919. The summed E-state index contributed by atoms with van der Waals surface area (Å²) in [4.78, 5) is 23.5. The van der Waals surface area contributed by atoms with E-state index in [9.17, 15) is 9.59 Å². The maximum absolute atomic E-state index is 11.7. The van der Waals surface area contributed by atoms with Gasteiger partial charge in [-0.2, -0.15) is 5.10 Å². The molecule has 2 aromatic carbocycles. The Morgan fingerprint density at radius 1 is 1.10 bits per heavy atom. The molecule has 2 rings (SSSR count). The van der Waals surface area contributed by atoms with E-state index in [-0.39, 0.29) is 12.7 Å². The summed E-state index contributed by atoms with van der Waals surface area (Å²) >= 11 is 12.4. The number of carbonyl (C=O) groups is 2. The second-order valence-electron chi connectivity index (χ2n) is 6.80. The van der Waals surface area contributed by atoms with Gasteiger partial charge in [0.1, 0.15) is 12.4 Å².